The van der Waals surface area contributed by atoms with Gasteiger partial charge in [-0.05, 0) is 23.4 Å². The van der Waals surface area contributed by atoms with Crippen molar-refractivity contribution < 1.29 is 30.2 Å². The Bertz CT molecular complexity index is 609. The van der Waals surface area contributed by atoms with Crippen LogP contribution in [0.1, 0.15) is 13.8 Å². The Morgan fingerprint density at radius 2 is 1.71 bits per heavy atom. The molecule has 0 unspecified atom stereocenters. The first-order valence-corrected chi connectivity index (χ1v) is 10.6. The third-order valence-electron chi connectivity index (χ3n) is 3.64. The monoisotopic (exact) mass is 344 g/mol. The lowest BCUT2D eigenvalue weighted by atomic mass is 10.3. The van der Waals surface area contributed by atoms with E-state index in [1.54, 1.807) is 0 Å². The van der Waals surface area contributed by atoms with E-state index >= 15 is 0 Å². The Kier molecular flexibility index (Phi) is 5.09. The Balaban J connectivity index is 3.40. The zero-order valence-corrected chi connectivity index (χ0v) is 13.6. The van der Waals surface area contributed by atoms with E-state index in [4.69, 9.17) is 0 Å². The van der Waals surface area contributed by atoms with Gasteiger partial charge in [0.15, 0.2) is 0 Å². The van der Waals surface area contributed by atoms with Crippen LogP contribution in [-0.4, -0.2) is 22.0 Å². The lowest BCUT2D eigenvalue weighted by Gasteiger charge is -2.27. The zero-order valence-electron chi connectivity index (χ0n) is 11.8. The summed E-state index contributed by atoms with van der Waals surface area (Å²) in [7, 11) is -8.07. The van der Waals surface area contributed by atoms with Crippen molar-refractivity contribution in [1.29, 1.82) is 0 Å². The molecule has 1 aromatic rings. The van der Waals surface area contributed by atoms with Crippen molar-refractivity contribution in [3.63, 3.8) is 0 Å². The summed E-state index contributed by atoms with van der Waals surface area (Å²) < 4.78 is 77.1. The third kappa shape index (κ3) is 3.76. The minimum Gasteiger partial charge on any atom is -0.376 e. The molecule has 0 N–H and O–H groups in total. The van der Waals surface area contributed by atoms with Gasteiger partial charge in [0.05, 0.1) is 8.07 Å². The molecule has 0 atom stereocenters. The first kappa shape index (κ1) is 18.0. The summed E-state index contributed by atoms with van der Waals surface area (Å²) in [4.78, 5) is 0. The van der Waals surface area contributed by atoms with Crippen molar-refractivity contribution in [2.75, 3.05) is 0 Å². The molecule has 0 heterocycles. The second kappa shape index (κ2) is 5.96. The highest BCUT2D eigenvalue weighted by Crippen LogP contribution is 2.28. The van der Waals surface area contributed by atoms with Crippen LogP contribution in [0.25, 0.3) is 0 Å². The Labute approximate surface area is 122 Å². The highest BCUT2D eigenvalue weighted by Gasteiger charge is 2.49. The molecule has 9 heteroatoms. The fourth-order valence-corrected chi connectivity index (χ4v) is 4.87. The average molecular weight is 344 g/mol. The van der Waals surface area contributed by atoms with Crippen LogP contribution in [0.2, 0.25) is 18.6 Å². The second-order valence-corrected chi connectivity index (χ2v) is 11.5. The first-order chi connectivity index (χ1) is 9.47. The van der Waals surface area contributed by atoms with Crippen LogP contribution in [0.4, 0.5) is 17.6 Å². The molecule has 0 aliphatic carbocycles. The van der Waals surface area contributed by atoms with E-state index in [0.717, 1.165) is 18.2 Å². The molecule has 0 aromatic heterocycles. The van der Waals surface area contributed by atoms with Crippen LogP contribution >= 0.6 is 0 Å². The summed E-state index contributed by atoms with van der Waals surface area (Å²) in [5.41, 5.74) is -5.52. The summed E-state index contributed by atoms with van der Waals surface area (Å²) in [6, 6.07) is 4.13. The number of benzene rings is 1. The van der Waals surface area contributed by atoms with Gasteiger partial charge in [-0.15, -0.1) is 0 Å². The minimum absolute atomic E-state index is 0.236. The average Bonchev–Trinajstić information content (AvgIpc) is 2.38. The molecule has 0 aliphatic rings. The van der Waals surface area contributed by atoms with Crippen LogP contribution < -0.4 is 9.37 Å². The number of halogens is 4. The molecule has 0 radical (unpaired) electrons. The third-order valence-corrected chi connectivity index (χ3v) is 9.41. The maximum atomic E-state index is 13.4. The minimum atomic E-state index is -5.76. The normalized spacial score (nSPS) is 13.3. The first-order valence-electron chi connectivity index (χ1n) is 6.27. The highest BCUT2D eigenvalue weighted by molar-refractivity contribution is 7.88. The van der Waals surface area contributed by atoms with E-state index in [2.05, 4.69) is 4.18 Å². The van der Waals surface area contributed by atoms with E-state index in [1.165, 1.54) is 0 Å². The van der Waals surface area contributed by atoms with E-state index in [1.807, 2.05) is 20.4 Å². The topological polar surface area (TPSA) is 43.4 Å². The van der Waals surface area contributed by atoms with Crippen LogP contribution in [-0.2, 0) is 10.1 Å². The van der Waals surface area contributed by atoms with Crippen LogP contribution in [0.5, 0.6) is 5.75 Å². The van der Waals surface area contributed by atoms with Gasteiger partial charge in [0, 0.05) is 0 Å². The van der Waals surface area contributed by atoms with Gasteiger partial charge in [-0.2, -0.15) is 21.6 Å². The Morgan fingerprint density at radius 1 is 1.19 bits per heavy atom. The number of alkyl halides is 3. The van der Waals surface area contributed by atoms with Crippen molar-refractivity contribution in [3.8, 4) is 5.75 Å². The molecule has 0 saturated carbocycles. The predicted molar refractivity (Wildman–Crippen MR) is 74.2 cm³/mol. The Hall–Kier alpha value is -1.09. The molecule has 0 saturated heterocycles. The second-order valence-electron chi connectivity index (χ2n) is 4.89. The summed E-state index contributed by atoms with van der Waals surface area (Å²) in [6.07, 6.45) is 0. The molecule has 1 rings (SSSR count). The molecule has 3 nitrogen and oxygen atoms in total. The predicted octanol–water partition coefficient (Wildman–Crippen LogP) is 3.38. The van der Waals surface area contributed by atoms with Crippen molar-refractivity contribution in [2.45, 2.75) is 38.0 Å². The SMILES string of the molecule is CC[Si](C)(CC)c1cc(F)ccc1OS(=O)(=O)C(F)(F)F. The molecular weight excluding hydrogens is 328 g/mol. The van der Waals surface area contributed by atoms with E-state index in [0.29, 0.717) is 12.1 Å². The van der Waals surface area contributed by atoms with Crippen molar-refractivity contribution in [3.05, 3.63) is 24.0 Å². The van der Waals surface area contributed by atoms with Crippen molar-refractivity contribution in [1.82, 2.24) is 0 Å². The van der Waals surface area contributed by atoms with Gasteiger partial charge < -0.3 is 4.18 Å². The lowest BCUT2D eigenvalue weighted by molar-refractivity contribution is -0.0499. The van der Waals surface area contributed by atoms with E-state index in [-0.39, 0.29) is 5.19 Å². The number of hydrogen-bond donors (Lipinski definition) is 0. The van der Waals surface area contributed by atoms with Crippen LogP contribution in [0.3, 0.4) is 0 Å². The van der Waals surface area contributed by atoms with E-state index < -0.39 is 35.3 Å². The number of rotatable bonds is 5. The largest absolute Gasteiger partial charge is 0.534 e. The standard InChI is InChI=1S/C12H16F4O3SSi/c1-4-21(3,5-2)11-8-9(13)6-7-10(11)19-20(17,18)12(14,15)16/h6-8H,4-5H2,1-3H3. The van der Waals surface area contributed by atoms with Gasteiger partial charge in [0.25, 0.3) is 0 Å². The molecule has 0 bridgehead atoms. The van der Waals surface area contributed by atoms with Crippen LogP contribution in [0, 0.1) is 5.82 Å². The molecular formula is C12H16F4O3SSi. The quantitative estimate of drug-likeness (QED) is 0.356. The summed E-state index contributed by atoms with van der Waals surface area (Å²) >= 11 is 0. The van der Waals surface area contributed by atoms with Gasteiger partial charge >= 0.3 is 15.6 Å². The van der Waals surface area contributed by atoms with Gasteiger partial charge in [-0.1, -0.05) is 32.5 Å². The zero-order chi connectivity index (χ0) is 16.5. The number of hydrogen-bond acceptors (Lipinski definition) is 3. The van der Waals surface area contributed by atoms with Crippen molar-refractivity contribution >= 4 is 23.4 Å². The summed E-state index contributed by atoms with van der Waals surface area (Å²) in [5, 5.41) is 0.236. The van der Waals surface area contributed by atoms with Crippen LogP contribution in [0.15, 0.2) is 18.2 Å². The molecule has 0 amide bonds. The van der Waals surface area contributed by atoms with Crippen molar-refractivity contribution in [2.24, 2.45) is 0 Å². The van der Waals surface area contributed by atoms with Gasteiger partial charge in [-0.25, -0.2) is 4.39 Å². The molecule has 0 aliphatic heterocycles. The molecule has 120 valence electrons. The molecule has 0 fully saturated rings. The van der Waals surface area contributed by atoms with Gasteiger partial charge in [0.2, 0.25) is 0 Å². The van der Waals surface area contributed by atoms with Gasteiger partial charge in [-0.3, -0.25) is 0 Å². The molecule has 0 spiro atoms. The fourth-order valence-electron chi connectivity index (χ4n) is 1.84. The summed E-state index contributed by atoms with van der Waals surface area (Å²) in [5.74, 6) is -1.08. The Morgan fingerprint density at radius 3 is 2.14 bits per heavy atom. The van der Waals surface area contributed by atoms with Gasteiger partial charge in [0.1, 0.15) is 11.6 Å². The van der Waals surface area contributed by atoms with E-state index in [9.17, 15) is 26.0 Å². The fraction of sp³-hybridized carbons (Fsp3) is 0.500. The highest BCUT2D eigenvalue weighted by atomic mass is 32.2. The smallest absolute Gasteiger partial charge is 0.376 e. The maximum absolute atomic E-state index is 13.4. The summed E-state index contributed by atoms with van der Waals surface area (Å²) in [6.45, 7) is 5.51. The molecule has 1 aromatic carbocycles. The maximum Gasteiger partial charge on any atom is 0.534 e. The molecule has 21 heavy (non-hydrogen) atoms. The lowest BCUT2D eigenvalue weighted by Crippen LogP contribution is -2.45.